The Labute approximate surface area is 432 Å². The van der Waals surface area contributed by atoms with Gasteiger partial charge in [-0.2, -0.15) is 0 Å². The first kappa shape index (κ1) is 43.5. The first-order valence-corrected chi connectivity index (χ1v) is 26.6. The number of para-hydroxylation sites is 1. The van der Waals surface area contributed by atoms with E-state index < -0.39 is 5.41 Å². The molecule has 0 fully saturated rings. The van der Waals surface area contributed by atoms with Crippen LogP contribution in [0.3, 0.4) is 0 Å². The Balaban J connectivity index is 1.02. The Morgan fingerprint density at radius 2 is 0.945 bits per heavy atom. The summed E-state index contributed by atoms with van der Waals surface area (Å²) in [6, 6.07) is 87.1. The minimum Gasteiger partial charge on any atom is -0.309 e. The molecule has 0 saturated heterocycles. The van der Waals surface area contributed by atoms with Crippen LogP contribution in [0, 0.1) is 5.92 Å². The zero-order valence-electron chi connectivity index (χ0n) is 41.3. The van der Waals surface area contributed by atoms with Crippen molar-refractivity contribution in [3.63, 3.8) is 0 Å². The molecule has 348 valence electrons. The van der Waals surface area contributed by atoms with E-state index in [4.69, 9.17) is 0 Å². The van der Waals surface area contributed by atoms with Crippen LogP contribution in [0.1, 0.15) is 66.1 Å². The molecule has 1 heterocycles. The van der Waals surface area contributed by atoms with Gasteiger partial charge in [-0.1, -0.05) is 227 Å². The van der Waals surface area contributed by atoms with Crippen molar-refractivity contribution in [2.75, 3.05) is 4.90 Å². The van der Waals surface area contributed by atoms with Gasteiger partial charge in [-0.05, 0) is 133 Å². The van der Waals surface area contributed by atoms with Crippen molar-refractivity contribution in [2.45, 2.75) is 38.0 Å². The van der Waals surface area contributed by atoms with Gasteiger partial charge in [0.25, 0.3) is 0 Å². The van der Waals surface area contributed by atoms with Crippen molar-refractivity contribution in [2.24, 2.45) is 5.92 Å². The maximum Gasteiger partial charge on any atom is 0.0720 e. The van der Waals surface area contributed by atoms with Gasteiger partial charge in [0.2, 0.25) is 0 Å². The molecule has 11 aromatic rings. The van der Waals surface area contributed by atoms with E-state index in [1.807, 2.05) is 11.3 Å². The summed E-state index contributed by atoms with van der Waals surface area (Å²) in [5, 5.41) is 2.63. The number of thiophene rings is 1. The van der Waals surface area contributed by atoms with Crippen LogP contribution in [-0.2, 0) is 10.8 Å². The molecule has 3 aliphatic carbocycles. The van der Waals surface area contributed by atoms with E-state index in [1.165, 1.54) is 109 Å². The van der Waals surface area contributed by atoms with Crippen molar-refractivity contribution >= 4 is 54.1 Å². The highest BCUT2D eigenvalue weighted by molar-refractivity contribution is 7.25. The number of rotatable bonds is 7. The van der Waals surface area contributed by atoms with Crippen molar-refractivity contribution < 1.29 is 0 Å². The van der Waals surface area contributed by atoms with Gasteiger partial charge in [0.05, 0.1) is 16.8 Å². The van der Waals surface area contributed by atoms with Crippen molar-refractivity contribution in [3.05, 3.63) is 288 Å². The number of allylic oxidation sites excluding steroid dienone is 4. The molecule has 1 atom stereocenters. The Kier molecular flexibility index (Phi) is 10.1. The fraction of sp³-hybridized carbons (Fsp3) is 0.0986. The third-order valence-electron chi connectivity index (χ3n) is 16.5. The first-order valence-electron chi connectivity index (χ1n) is 25.8. The second kappa shape index (κ2) is 16.9. The van der Waals surface area contributed by atoms with Crippen LogP contribution >= 0.6 is 11.3 Å². The first-order chi connectivity index (χ1) is 35.9. The minimum absolute atomic E-state index is 0.185. The Hall–Kier alpha value is -8.30. The zero-order chi connectivity index (χ0) is 48.8. The van der Waals surface area contributed by atoms with Gasteiger partial charge >= 0.3 is 0 Å². The number of hydrogen-bond donors (Lipinski definition) is 0. The summed E-state index contributed by atoms with van der Waals surface area (Å²) in [7, 11) is 0. The Morgan fingerprint density at radius 3 is 1.66 bits per heavy atom. The summed E-state index contributed by atoms with van der Waals surface area (Å²) in [4.78, 5) is 2.56. The average molecular weight is 952 g/mol. The normalized spacial score (nSPS) is 15.7. The van der Waals surface area contributed by atoms with E-state index in [-0.39, 0.29) is 5.41 Å². The van der Waals surface area contributed by atoms with Crippen molar-refractivity contribution in [1.29, 1.82) is 0 Å². The smallest absolute Gasteiger partial charge is 0.0720 e. The van der Waals surface area contributed by atoms with Crippen LogP contribution in [-0.4, -0.2) is 0 Å². The van der Waals surface area contributed by atoms with Gasteiger partial charge in [-0.15, -0.1) is 11.3 Å². The number of anilines is 3. The summed E-state index contributed by atoms with van der Waals surface area (Å²) in [6.07, 6.45) is 7.88. The lowest BCUT2D eigenvalue weighted by Gasteiger charge is -2.46. The Bertz CT molecular complexity index is 4020. The topological polar surface area (TPSA) is 3.24 Å². The molecule has 0 aliphatic heterocycles. The predicted octanol–water partition coefficient (Wildman–Crippen LogP) is 19.5. The summed E-state index contributed by atoms with van der Waals surface area (Å²) in [5.41, 5.74) is 23.2. The van der Waals surface area contributed by atoms with E-state index in [2.05, 4.69) is 274 Å². The zero-order valence-corrected chi connectivity index (χ0v) is 42.1. The highest BCUT2D eigenvalue weighted by Gasteiger charge is 2.54. The SMILES string of the molecule is CC1CC=CC=C1c1ccccc1-c1ccccc1-c1ccccc1N(c1ccc(-c2ccc3sc4ccccc4c3c2)cc1)c1cccc2c1-c1ccccc1C21c2ccccc2C(C)(C)c2ccccc21. The molecule has 1 nitrogen and oxygen atoms in total. The standard InChI is InChI=1S/C71H53NS/c1-46-21-4-5-22-50(46)51-23-6-7-24-52(51)53-25-8-9-26-54(53)55-27-11-18-36-65(55)72(49-42-39-47(40-43-49)48-41-44-68-58(45-48)56-28-12-19-38-67(56)73-68)66-37-20-35-64-69(66)57-29-10-13-30-59(57)71(64)62-33-16-14-31-60(62)70(2,3)61-32-15-17-34-63(61)71/h4-20,22-46H,21H2,1-3H3. The van der Waals surface area contributed by atoms with Gasteiger partial charge in [0, 0.05) is 42.4 Å². The monoisotopic (exact) mass is 951 g/mol. The molecule has 2 heteroatoms. The van der Waals surface area contributed by atoms with E-state index in [0.29, 0.717) is 5.92 Å². The molecule has 0 bridgehead atoms. The van der Waals surface area contributed by atoms with Crippen molar-refractivity contribution in [3.8, 4) is 44.5 Å². The van der Waals surface area contributed by atoms with E-state index in [9.17, 15) is 0 Å². The molecular weight excluding hydrogens is 899 g/mol. The lowest BCUT2D eigenvalue weighted by Crippen LogP contribution is -2.40. The fourth-order valence-corrected chi connectivity index (χ4v) is 14.2. The lowest BCUT2D eigenvalue weighted by atomic mass is 9.55. The average Bonchev–Trinajstić information content (AvgIpc) is 3.97. The third-order valence-corrected chi connectivity index (χ3v) is 17.6. The highest BCUT2D eigenvalue weighted by Crippen LogP contribution is 2.64. The van der Waals surface area contributed by atoms with Crippen LogP contribution in [0.15, 0.2) is 249 Å². The molecule has 1 unspecified atom stereocenters. The van der Waals surface area contributed by atoms with Gasteiger partial charge in [-0.25, -0.2) is 0 Å². The second-order valence-corrected chi connectivity index (χ2v) is 21.8. The summed E-state index contributed by atoms with van der Waals surface area (Å²) >= 11 is 1.87. The van der Waals surface area contributed by atoms with Crippen LogP contribution in [0.4, 0.5) is 17.1 Å². The van der Waals surface area contributed by atoms with E-state index in [1.54, 1.807) is 0 Å². The van der Waals surface area contributed by atoms with E-state index >= 15 is 0 Å². The van der Waals surface area contributed by atoms with Crippen LogP contribution in [0.25, 0.3) is 70.3 Å². The summed E-state index contributed by atoms with van der Waals surface area (Å²) < 4.78 is 2.64. The molecule has 10 aromatic carbocycles. The molecule has 0 radical (unpaired) electrons. The molecule has 73 heavy (non-hydrogen) atoms. The Morgan fingerprint density at radius 1 is 0.425 bits per heavy atom. The molecule has 3 aliphatic rings. The molecule has 14 rings (SSSR count). The summed E-state index contributed by atoms with van der Waals surface area (Å²) in [6.45, 7) is 7.15. The molecular formula is C71H53NS. The number of nitrogens with zero attached hydrogens (tertiary/aromatic N) is 1. The number of hydrogen-bond acceptors (Lipinski definition) is 2. The van der Waals surface area contributed by atoms with Gasteiger partial charge in [0.1, 0.15) is 0 Å². The molecule has 1 aromatic heterocycles. The van der Waals surface area contributed by atoms with Crippen LogP contribution in [0.2, 0.25) is 0 Å². The quantitative estimate of drug-likeness (QED) is 0.154. The lowest BCUT2D eigenvalue weighted by molar-refractivity contribution is 0.563. The molecule has 0 amide bonds. The van der Waals surface area contributed by atoms with Crippen LogP contribution in [0.5, 0.6) is 0 Å². The van der Waals surface area contributed by atoms with Gasteiger partial charge in [-0.3, -0.25) is 0 Å². The maximum absolute atomic E-state index is 2.56. The van der Waals surface area contributed by atoms with Gasteiger partial charge in [0.15, 0.2) is 0 Å². The predicted molar refractivity (Wildman–Crippen MR) is 311 cm³/mol. The van der Waals surface area contributed by atoms with E-state index in [0.717, 1.165) is 23.5 Å². The number of fused-ring (bicyclic) bond motifs is 12. The van der Waals surface area contributed by atoms with Gasteiger partial charge < -0.3 is 4.90 Å². The molecule has 0 saturated carbocycles. The molecule has 0 N–H and O–H groups in total. The number of benzene rings is 10. The maximum atomic E-state index is 2.56. The van der Waals surface area contributed by atoms with Crippen molar-refractivity contribution in [1.82, 2.24) is 0 Å². The second-order valence-electron chi connectivity index (χ2n) is 20.7. The molecule has 1 spiro atoms. The summed E-state index contributed by atoms with van der Waals surface area (Å²) in [5.74, 6) is 0.427. The third kappa shape index (κ3) is 6.53. The minimum atomic E-state index is -0.527. The highest BCUT2D eigenvalue weighted by atomic mass is 32.1. The largest absolute Gasteiger partial charge is 0.309 e. The fourth-order valence-electron chi connectivity index (χ4n) is 13.1. The van der Waals surface area contributed by atoms with Crippen LogP contribution < -0.4 is 4.90 Å².